The van der Waals surface area contributed by atoms with E-state index in [2.05, 4.69) is 11.6 Å². The molecule has 1 aromatic heterocycles. The van der Waals surface area contributed by atoms with E-state index in [0.29, 0.717) is 36.1 Å². The van der Waals surface area contributed by atoms with Gasteiger partial charge >= 0.3 is 0 Å². The fourth-order valence-electron chi connectivity index (χ4n) is 2.89. The molecule has 3 rings (SSSR count). The molecule has 0 radical (unpaired) electrons. The Morgan fingerprint density at radius 1 is 1.36 bits per heavy atom. The molecule has 1 heterocycles. The number of hydrogen-bond donors (Lipinski definition) is 1. The van der Waals surface area contributed by atoms with Crippen molar-refractivity contribution in [1.82, 2.24) is 4.98 Å². The second-order valence-electron chi connectivity index (χ2n) is 5.50. The molecule has 112 valence electrons. The molecule has 2 aromatic rings. The van der Waals surface area contributed by atoms with Crippen LogP contribution in [0.2, 0.25) is 0 Å². The quantitative estimate of drug-likeness (QED) is 0.690. The minimum atomic E-state index is -0.709. The van der Waals surface area contributed by atoms with Crippen molar-refractivity contribution < 1.29 is 14.3 Å². The predicted octanol–water partition coefficient (Wildman–Crippen LogP) is 3.91. The number of carbonyl (C=O) groups excluding carboxylic acids is 1. The van der Waals surface area contributed by atoms with E-state index in [1.54, 1.807) is 24.3 Å². The van der Waals surface area contributed by atoms with Gasteiger partial charge in [0.25, 0.3) is 0 Å². The summed E-state index contributed by atoms with van der Waals surface area (Å²) in [5.74, 6) is -0.937. The van der Waals surface area contributed by atoms with Gasteiger partial charge in [-0.05, 0) is 55.2 Å². The number of hydrogen-bond acceptors (Lipinski definition) is 3. The third kappa shape index (κ3) is 2.52. The standard InChI is InChI=1S/C18H16FNO2/c1-2-3-12-4-5-13-10-15(11-6-8-14(21)9-7-11)20-18(19)16(13)17(12)22/h2,6-10,12,21H,1,3-5H2. The molecule has 1 aromatic carbocycles. The first-order valence-corrected chi connectivity index (χ1v) is 7.24. The zero-order chi connectivity index (χ0) is 15.7. The lowest BCUT2D eigenvalue weighted by molar-refractivity contribution is 0.0897. The Morgan fingerprint density at radius 2 is 2.09 bits per heavy atom. The van der Waals surface area contributed by atoms with Crippen LogP contribution in [0.15, 0.2) is 43.0 Å². The predicted molar refractivity (Wildman–Crippen MR) is 82.3 cm³/mol. The van der Waals surface area contributed by atoms with Crippen molar-refractivity contribution >= 4 is 5.78 Å². The molecule has 0 fully saturated rings. The van der Waals surface area contributed by atoms with Gasteiger partial charge < -0.3 is 5.11 Å². The van der Waals surface area contributed by atoms with Crippen LogP contribution in [0.5, 0.6) is 5.75 Å². The van der Waals surface area contributed by atoms with Gasteiger partial charge in [-0.15, -0.1) is 6.58 Å². The molecule has 1 aliphatic rings. The number of phenolic OH excluding ortho intramolecular Hbond substituents is 1. The molecule has 0 spiro atoms. The molecule has 1 N–H and O–H groups in total. The first kappa shape index (κ1) is 14.4. The van der Waals surface area contributed by atoms with Gasteiger partial charge in [-0.2, -0.15) is 4.39 Å². The Balaban J connectivity index is 2.03. The average Bonchev–Trinajstić information content (AvgIpc) is 2.50. The minimum absolute atomic E-state index is 0.126. The third-order valence-corrected chi connectivity index (χ3v) is 4.05. The Bertz CT molecular complexity index is 737. The highest BCUT2D eigenvalue weighted by atomic mass is 19.1. The van der Waals surface area contributed by atoms with E-state index in [1.165, 1.54) is 12.1 Å². The number of aryl methyl sites for hydroxylation is 1. The number of aromatic nitrogens is 1. The van der Waals surface area contributed by atoms with E-state index in [-0.39, 0.29) is 23.0 Å². The number of allylic oxidation sites excluding steroid dienone is 1. The fourth-order valence-corrected chi connectivity index (χ4v) is 2.89. The SMILES string of the molecule is C=CCC1CCc2cc(-c3ccc(O)cc3)nc(F)c2C1=O. The van der Waals surface area contributed by atoms with Crippen LogP contribution in [0.1, 0.15) is 28.8 Å². The highest BCUT2D eigenvalue weighted by Gasteiger charge is 2.30. The summed E-state index contributed by atoms with van der Waals surface area (Å²) < 4.78 is 14.4. The molecule has 1 atom stereocenters. The van der Waals surface area contributed by atoms with Crippen LogP contribution in [0, 0.1) is 11.9 Å². The molecule has 22 heavy (non-hydrogen) atoms. The number of nitrogens with zero attached hydrogens (tertiary/aromatic N) is 1. The van der Waals surface area contributed by atoms with Gasteiger partial charge in [-0.1, -0.05) is 6.08 Å². The van der Waals surface area contributed by atoms with Crippen molar-refractivity contribution in [3.63, 3.8) is 0 Å². The van der Waals surface area contributed by atoms with Gasteiger partial charge in [0.2, 0.25) is 5.95 Å². The van der Waals surface area contributed by atoms with Gasteiger partial charge in [-0.3, -0.25) is 4.79 Å². The van der Waals surface area contributed by atoms with Crippen LogP contribution in [0.4, 0.5) is 4.39 Å². The zero-order valence-corrected chi connectivity index (χ0v) is 12.1. The summed E-state index contributed by atoms with van der Waals surface area (Å²) >= 11 is 0. The summed E-state index contributed by atoms with van der Waals surface area (Å²) in [5.41, 5.74) is 2.02. The van der Waals surface area contributed by atoms with E-state index < -0.39 is 5.95 Å². The number of aromatic hydroxyl groups is 1. The van der Waals surface area contributed by atoms with Crippen LogP contribution in [-0.4, -0.2) is 15.9 Å². The van der Waals surface area contributed by atoms with Crippen molar-refractivity contribution in [2.75, 3.05) is 0 Å². The van der Waals surface area contributed by atoms with Gasteiger partial charge in [0.15, 0.2) is 5.78 Å². The highest BCUT2D eigenvalue weighted by Crippen LogP contribution is 2.32. The average molecular weight is 297 g/mol. The van der Waals surface area contributed by atoms with Crippen LogP contribution >= 0.6 is 0 Å². The zero-order valence-electron chi connectivity index (χ0n) is 12.1. The minimum Gasteiger partial charge on any atom is -0.508 e. The largest absolute Gasteiger partial charge is 0.508 e. The number of Topliss-reactive ketones (excluding diaryl/α,β-unsaturated/α-hetero) is 1. The smallest absolute Gasteiger partial charge is 0.224 e. The highest BCUT2D eigenvalue weighted by molar-refractivity contribution is 6.00. The number of ketones is 1. The molecule has 0 aliphatic heterocycles. The Labute approximate surface area is 128 Å². The maximum absolute atomic E-state index is 14.4. The molecule has 0 amide bonds. The number of pyridine rings is 1. The number of phenols is 1. The van der Waals surface area contributed by atoms with Gasteiger partial charge in [0.1, 0.15) is 5.75 Å². The molecule has 1 aliphatic carbocycles. The van der Waals surface area contributed by atoms with E-state index in [0.717, 1.165) is 0 Å². The number of rotatable bonds is 3. The topological polar surface area (TPSA) is 50.2 Å². The van der Waals surface area contributed by atoms with Crippen molar-refractivity contribution in [3.8, 4) is 17.0 Å². The van der Waals surface area contributed by atoms with Crippen LogP contribution < -0.4 is 0 Å². The molecular formula is C18H16FNO2. The first-order chi connectivity index (χ1) is 10.6. The lowest BCUT2D eigenvalue weighted by atomic mass is 9.81. The van der Waals surface area contributed by atoms with Crippen LogP contribution in [-0.2, 0) is 6.42 Å². The van der Waals surface area contributed by atoms with Crippen LogP contribution in [0.3, 0.4) is 0 Å². The summed E-state index contributed by atoms with van der Waals surface area (Å²) in [7, 11) is 0. The van der Waals surface area contributed by atoms with E-state index in [9.17, 15) is 14.3 Å². The Morgan fingerprint density at radius 3 is 2.77 bits per heavy atom. The van der Waals surface area contributed by atoms with E-state index >= 15 is 0 Å². The molecular weight excluding hydrogens is 281 g/mol. The Hall–Kier alpha value is -2.49. The van der Waals surface area contributed by atoms with Crippen molar-refractivity contribution in [2.24, 2.45) is 5.92 Å². The van der Waals surface area contributed by atoms with E-state index in [1.807, 2.05) is 0 Å². The van der Waals surface area contributed by atoms with Crippen molar-refractivity contribution in [3.05, 3.63) is 60.1 Å². The number of benzene rings is 1. The second kappa shape index (κ2) is 5.72. The van der Waals surface area contributed by atoms with Crippen LogP contribution in [0.25, 0.3) is 11.3 Å². The van der Waals surface area contributed by atoms with Gasteiger partial charge in [0, 0.05) is 11.5 Å². The maximum atomic E-state index is 14.4. The monoisotopic (exact) mass is 297 g/mol. The number of fused-ring (bicyclic) bond motifs is 1. The number of halogens is 1. The molecule has 0 bridgehead atoms. The normalized spacial score (nSPS) is 17.1. The maximum Gasteiger partial charge on any atom is 0.224 e. The summed E-state index contributed by atoms with van der Waals surface area (Å²) in [6.07, 6.45) is 3.63. The lowest BCUT2D eigenvalue weighted by Gasteiger charge is -2.23. The van der Waals surface area contributed by atoms with Gasteiger partial charge in [-0.25, -0.2) is 4.98 Å². The summed E-state index contributed by atoms with van der Waals surface area (Å²) in [6, 6.07) is 8.18. The molecule has 4 heteroatoms. The lowest BCUT2D eigenvalue weighted by Crippen LogP contribution is -2.24. The first-order valence-electron chi connectivity index (χ1n) is 7.24. The molecule has 0 saturated carbocycles. The summed E-state index contributed by atoms with van der Waals surface area (Å²) in [5, 5.41) is 9.32. The summed E-state index contributed by atoms with van der Waals surface area (Å²) in [4.78, 5) is 16.3. The van der Waals surface area contributed by atoms with Gasteiger partial charge in [0.05, 0.1) is 11.3 Å². The van der Waals surface area contributed by atoms with Crippen molar-refractivity contribution in [2.45, 2.75) is 19.3 Å². The van der Waals surface area contributed by atoms with Crippen molar-refractivity contribution in [1.29, 1.82) is 0 Å². The summed E-state index contributed by atoms with van der Waals surface area (Å²) in [6.45, 7) is 3.65. The molecule has 0 saturated heterocycles. The van der Waals surface area contributed by atoms with E-state index in [4.69, 9.17) is 0 Å². The Kier molecular flexibility index (Phi) is 3.75. The third-order valence-electron chi connectivity index (χ3n) is 4.05. The molecule has 3 nitrogen and oxygen atoms in total. The number of carbonyl (C=O) groups is 1. The molecule has 1 unspecified atom stereocenters. The second-order valence-corrected chi connectivity index (χ2v) is 5.50. The fraction of sp³-hybridized carbons (Fsp3) is 0.222.